The van der Waals surface area contributed by atoms with Crippen LogP contribution in [0.3, 0.4) is 0 Å². The van der Waals surface area contributed by atoms with Crippen LogP contribution < -0.4 is 10.6 Å². The molecule has 1 aliphatic heterocycles. The first-order chi connectivity index (χ1) is 12.2. The van der Waals surface area contributed by atoms with Crippen molar-refractivity contribution in [1.29, 1.82) is 0 Å². The molecule has 1 aromatic carbocycles. The van der Waals surface area contributed by atoms with Crippen LogP contribution in [-0.4, -0.2) is 49.1 Å². The monoisotopic (exact) mass is 534 g/mol. The maximum Gasteiger partial charge on any atom is 0.191 e. The molecule has 0 amide bonds. The summed E-state index contributed by atoms with van der Waals surface area (Å²) in [5.41, 5.74) is 1.37. The van der Waals surface area contributed by atoms with Crippen LogP contribution in [0.15, 0.2) is 33.7 Å². The van der Waals surface area contributed by atoms with E-state index in [2.05, 4.69) is 62.7 Å². The van der Waals surface area contributed by atoms with Crippen LogP contribution in [-0.2, 0) is 6.42 Å². The minimum absolute atomic E-state index is 0. The minimum Gasteiger partial charge on any atom is -0.357 e. The van der Waals surface area contributed by atoms with Crippen molar-refractivity contribution in [2.24, 2.45) is 4.99 Å². The topological polar surface area (TPSA) is 39.7 Å². The van der Waals surface area contributed by atoms with E-state index in [0.717, 1.165) is 42.4 Å². The van der Waals surface area contributed by atoms with Crippen LogP contribution in [0, 0.1) is 0 Å². The number of likely N-dealkylation sites (tertiary alicyclic amines) is 1. The van der Waals surface area contributed by atoms with Crippen LogP contribution in [0.4, 0.5) is 0 Å². The predicted molar refractivity (Wildman–Crippen MR) is 125 cm³/mol. The molecule has 0 aromatic heterocycles. The summed E-state index contributed by atoms with van der Waals surface area (Å²) in [6, 6.07) is 10.0. The van der Waals surface area contributed by atoms with E-state index < -0.39 is 0 Å². The van der Waals surface area contributed by atoms with Crippen molar-refractivity contribution < 1.29 is 0 Å². The molecule has 2 N–H and O–H groups in total. The quantitative estimate of drug-likeness (QED) is 0.238. The molecule has 1 saturated heterocycles. The standard InChI is InChI=1S/C20H31BrN4.HI/c1-2-22-20(23-12-4-6-16-5-3-7-17(21)15-16)24-18-10-13-25(14-11-18)19-8-9-19;/h3,5,7,15,18-19H,2,4,6,8-14H2,1H3,(H2,22,23,24);1H. The van der Waals surface area contributed by atoms with Gasteiger partial charge in [0.2, 0.25) is 0 Å². The average molecular weight is 535 g/mol. The van der Waals surface area contributed by atoms with Gasteiger partial charge in [-0.1, -0.05) is 28.1 Å². The van der Waals surface area contributed by atoms with Crippen LogP contribution in [0.5, 0.6) is 0 Å². The fourth-order valence-electron chi connectivity index (χ4n) is 3.53. The van der Waals surface area contributed by atoms with Crippen molar-refractivity contribution in [3.63, 3.8) is 0 Å². The molecule has 3 rings (SSSR count). The first-order valence-corrected chi connectivity index (χ1v) is 10.6. The second kappa shape index (κ2) is 11.5. The first-order valence-electron chi connectivity index (χ1n) is 9.78. The summed E-state index contributed by atoms with van der Waals surface area (Å²) in [5, 5.41) is 7.05. The summed E-state index contributed by atoms with van der Waals surface area (Å²) in [6.07, 6.45) is 7.45. The molecule has 146 valence electrons. The Morgan fingerprint density at radius 3 is 2.65 bits per heavy atom. The molecule has 0 atom stereocenters. The van der Waals surface area contributed by atoms with Crippen LogP contribution in [0.1, 0.15) is 44.6 Å². The average Bonchev–Trinajstić information content (AvgIpc) is 3.45. The number of aliphatic imine (C=N–C) groups is 1. The van der Waals surface area contributed by atoms with Crippen molar-refractivity contribution in [3.05, 3.63) is 34.3 Å². The molecule has 6 heteroatoms. The van der Waals surface area contributed by atoms with E-state index in [1.54, 1.807) is 0 Å². The van der Waals surface area contributed by atoms with Crippen LogP contribution >= 0.6 is 39.9 Å². The molecule has 2 fully saturated rings. The van der Waals surface area contributed by atoms with Crippen molar-refractivity contribution in [2.75, 3.05) is 26.2 Å². The van der Waals surface area contributed by atoms with Gasteiger partial charge < -0.3 is 15.5 Å². The van der Waals surface area contributed by atoms with Gasteiger partial charge in [-0.05, 0) is 63.1 Å². The fourth-order valence-corrected chi connectivity index (χ4v) is 3.98. The maximum atomic E-state index is 4.78. The zero-order valence-electron chi connectivity index (χ0n) is 15.7. The third-order valence-electron chi connectivity index (χ3n) is 5.06. The van der Waals surface area contributed by atoms with Gasteiger partial charge in [-0.15, -0.1) is 24.0 Å². The lowest BCUT2D eigenvalue weighted by Gasteiger charge is -2.33. The van der Waals surface area contributed by atoms with Gasteiger partial charge in [0.1, 0.15) is 0 Å². The van der Waals surface area contributed by atoms with Gasteiger partial charge >= 0.3 is 0 Å². The van der Waals surface area contributed by atoms with Gasteiger partial charge in [-0.25, -0.2) is 0 Å². The van der Waals surface area contributed by atoms with Crippen molar-refractivity contribution in [3.8, 4) is 0 Å². The van der Waals surface area contributed by atoms with Gasteiger partial charge in [0.25, 0.3) is 0 Å². The number of hydrogen-bond donors (Lipinski definition) is 2. The van der Waals surface area contributed by atoms with E-state index in [1.807, 2.05) is 0 Å². The van der Waals surface area contributed by atoms with Gasteiger partial charge in [0.15, 0.2) is 5.96 Å². The van der Waals surface area contributed by atoms with Crippen molar-refractivity contribution in [1.82, 2.24) is 15.5 Å². The third kappa shape index (κ3) is 7.35. The van der Waals surface area contributed by atoms with Gasteiger partial charge in [0, 0.05) is 42.7 Å². The number of hydrogen-bond acceptors (Lipinski definition) is 2. The normalized spacial score (nSPS) is 19.1. The predicted octanol–water partition coefficient (Wildman–Crippen LogP) is 4.18. The number of halogens is 2. The molecule has 1 aliphatic carbocycles. The molecule has 1 saturated carbocycles. The number of benzene rings is 1. The number of aryl methyl sites for hydroxylation is 1. The SMILES string of the molecule is CCNC(=NCCCc1cccc(Br)c1)NC1CCN(C2CC2)CC1.I. The lowest BCUT2D eigenvalue weighted by Crippen LogP contribution is -2.49. The Kier molecular flexibility index (Phi) is 9.70. The molecule has 2 aliphatic rings. The number of nitrogens with one attached hydrogen (secondary N) is 2. The number of piperidine rings is 1. The Hall–Kier alpha value is -0.340. The Morgan fingerprint density at radius 2 is 2.00 bits per heavy atom. The maximum absolute atomic E-state index is 4.78. The van der Waals surface area contributed by atoms with E-state index in [1.165, 1.54) is 44.3 Å². The lowest BCUT2D eigenvalue weighted by molar-refractivity contribution is 0.197. The van der Waals surface area contributed by atoms with Gasteiger partial charge in [-0.2, -0.15) is 0 Å². The summed E-state index contributed by atoms with van der Waals surface area (Å²) in [5.74, 6) is 0.988. The fraction of sp³-hybridized carbons (Fsp3) is 0.650. The first kappa shape index (κ1) is 22.0. The van der Waals surface area contributed by atoms with Crippen LogP contribution in [0.25, 0.3) is 0 Å². The van der Waals surface area contributed by atoms with E-state index in [0.29, 0.717) is 6.04 Å². The van der Waals surface area contributed by atoms with Crippen molar-refractivity contribution in [2.45, 2.75) is 57.5 Å². The Balaban J connectivity index is 0.00000243. The largest absolute Gasteiger partial charge is 0.357 e. The number of nitrogens with zero attached hydrogens (tertiary/aromatic N) is 2. The van der Waals surface area contributed by atoms with E-state index >= 15 is 0 Å². The van der Waals surface area contributed by atoms with Gasteiger partial charge in [-0.3, -0.25) is 4.99 Å². The highest BCUT2D eigenvalue weighted by molar-refractivity contribution is 14.0. The second-order valence-electron chi connectivity index (χ2n) is 7.18. The third-order valence-corrected chi connectivity index (χ3v) is 5.55. The summed E-state index contributed by atoms with van der Waals surface area (Å²) in [6.45, 7) is 6.39. The van der Waals surface area contributed by atoms with Gasteiger partial charge in [0.05, 0.1) is 0 Å². The number of rotatable bonds is 7. The Labute approximate surface area is 183 Å². The highest BCUT2D eigenvalue weighted by Crippen LogP contribution is 2.29. The molecular formula is C20H32BrIN4. The summed E-state index contributed by atoms with van der Waals surface area (Å²) >= 11 is 3.54. The second-order valence-corrected chi connectivity index (χ2v) is 8.10. The summed E-state index contributed by atoms with van der Waals surface area (Å²) in [4.78, 5) is 7.45. The molecule has 4 nitrogen and oxygen atoms in total. The number of guanidine groups is 1. The molecule has 0 unspecified atom stereocenters. The summed E-state index contributed by atoms with van der Waals surface area (Å²) in [7, 11) is 0. The van der Waals surface area contributed by atoms with Crippen LogP contribution in [0.2, 0.25) is 0 Å². The van der Waals surface area contributed by atoms with E-state index in [-0.39, 0.29) is 24.0 Å². The lowest BCUT2D eigenvalue weighted by atomic mass is 10.1. The Morgan fingerprint density at radius 1 is 1.23 bits per heavy atom. The molecule has 1 heterocycles. The van der Waals surface area contributed by atoms with E-state index in [9.17, 15) is 0 Å². The molecule has 26 heavy (non-hydrogen) atoms. The highest BCUT2D eigenvalue weighted by atomic mass is 127. The molecule has 0 spiro atoms. The zero-order chi connectivity index (χ0) is 17.5. The Bertz CT molecular complexity index is 569. The highest BCUT2D eigenvalue weighted by Gasteiger charge is 2.31. The van der Waals surface area contributed by atoms with Crippen molar-refractivity contribution >= 4 is 45.9 Å². The zero-order valence-corrected chi connectivity index (χ0v) is 19.6. The molecule has 1 aromatic rings. The minimum atomic E-state index is 0. The molecule has 0 radical (unpaired) electrons. The molecule has 0 bridgehead atoms. The van der Waals surface area contributed by atoms with E-state index in [4.69, 9.17) is 4.99 Å². The smallest absolute Gasteiger partial charge is 0.191 e. The summed E-state index contributed by atoms with van der Waals surface area (Å²) < 4.78 is 1.15. The molecular weight excluding hydrogens is 503 g/mol.